The first kappa shape index (κ1) is 12.2. The van der Waals surface area contributed by atoms with Crippen LogP contribution in [-0.4, -0.2) is 23.3 Å². The van der Waals surface area contributed by atoms with Gasteiger partial charge in [-0.2, -0.15) is 0 Å². The molecule has 0 unspecified atom stereocenters. The molecule has 90 valence electrons. The first-order chi connectivity index (χ1) is 8.22. The summed E-state index contributed by atoms with van der Waals surface area (Å²) in [7, 11) is 0. The molecule has 0 saturated heterocycles. The number of carbonyl (C=O) groups excluding carboxylic acids is 1. The summed E-state index contributed by atoms with van der Waals surface area (Å²) in [6.07, 6.45) is 0. The van der Waals surface area contributed by atoms with E-state index in [1.807, 2.05) is 12.1 Å². The molecule has 17 heavy (non-hydrogen) atoms. The normalized spacial score (nSPS) is 10.6. The lowest BCUT2D eigenvalue weighted by Crippen LogP contribution is -2.06. The number of thiazole rings is 1. The van der Waals surface area contributed by atoms with Crippen molar-refractivity contribution in [1.82, 2.24) is 4.98 Å². The molecule has 1 heterocycles. The number of benzene rings is 1. The quantitative estimate of drug-likeness (QED) is 0.524. The summed E-state index contributed by atoms with van der Waals surface area (Å²) in [5.74, 6) is 0.0449. The van der Waals surface area contributed by atoms with Crippen LogP contribution < -0.4 is 5.73 Å². The largest absolute Gasteiger partial charge is 0.465 e. The molecule has 4 nitrogen and oxygen atoms in total. The lowest BCUT2D eigenvalue weighted by molar-refractivity contribution is -0.139. The standard InChI is InChI=1S/C11H12N2O2S2/c1-2-15-9(14)5-16-7-3-4-8-11(10(7)12)13-6-17-8/h3-4,6H,2,5,12H2,1H3. The Morgan fingerprint density at radius 1 is 1.59 bits per heavy atom. The second-order valence-electron chi connectivity index (χ2n) is 3.27. The van der Waals surface area contributed by atoms with Gasteiger partial charge in [-0.3, -0.25) is 4.79 Å². The van der Waals surface area contributed by atoms with Crippen LogP contribution in [0.25, 0.3) is 10.2 Å². The van der Waals surface area contributed by atoms with Gasteiger partial charge in [0.1, 0.15) is 5.52 Å². The van der Waals surface area contributed by atoms with Gasteiger partial charge >= 0.3 is 5.97 Å². The highest BCUT2D eigenvalue weighted by molar-refractivity contribution is 8.00. The van der Waals surface area contributed by atoms with Crippen LogP contribution in [0, 0.1) is 0 Å². The van der Waals surface area contributed by atoms with Crippen molar-refractivity contribution in [2.45, 2.75) is 11.8 Å². The maximum atomic E-state index is 11.2. The number of fused-ring (bicyclic) bond motifs is 1. The average Bonchev–Trinajstić information content (AvgIpc) is 2.77. The van der Waals surface area contributed by atoms with Crippen molar-refractivity contribution in [1.29, 1.82) is 0 Å². The Morgan fingerprint density at radius 2 is 2.41 bits per heavy atom. The van der Waals surface area contributed by atoms with Gasteiger partial charge in [-0.05, 0) is 19.1 Å². The predicted octanol–water partition coefficient (Wildman–Crippen LogP) is 2.53. The SMILES string of the molecule is CCOC(=O)CSc1ccc2scnc2c1N. The first-order valence-corrected chi connectivity index (χ1v) is 6.99. The molecule has 2 N–H and O–H groups in total. The van der Waals surface area contributed by atoms with Gasteiger partial charge in [0.25, 0.3) is 0 Å². The van der Waals surface area contributed by atoms with Gasteiger partial charge in [0.05, 0.1) is 28.3 Å². The van der Waals surface area contributed by atoms with E-state index >= 15 is 0 Å². The summed E-state index contributed by atoms with van der Waals surface area (Å²) in [5.41, 5.74) is 9.21. The number of rotatable bonds is 4. The number of anilines is 1. The summed E-state index contributed by atoms with van der Waals surface area (Å²) in [6, 6.07) is 3.89. The third kappa shape index (κ3) is 2.70. The van der Waals surface area contributed by atoms with E-state index in [0.29, 0.717) is 12.3 Å². The topological polar surface area (TPSA) is 65.2 Å². The van der Waals surface area contributed by atoms with E-state index in [2.05, 4.69) is 4.98 Å². The highest BCUT2D eigenvalue weighted by Gasteiger charge is 2.09. The van der Waals surface area contributed by atoms with E-state index in [9.17, 15) is 4.79 Å². The van der Waals surface area contributed by atoms with Crippen LogP contribution in [-0.2, 0) is 9.53 Å². The molecule has 0 radical (unpaired) electrons. The summed E-state index contributed by atoms with van der Waals surface area (Å²) in [6.45, 7) is 2.19. The van der Waals surface area contributed by atoms with Crippen LogP contribution in [0.3, 0.4) is 0 Å². The Labute approximate surface area is 107 Å². The van der Waals surface area contributed by atoms with Crippen molar-refractivity contribution in [2.24, 2.45) is 0 Å². The van der Waals surface area contributed by atoms with Crippen molar-refractivity contribution < 1.29 is 9.53 Å². The summed E-state index contributed by atoms with van der Waals surface area (Å²) in [4.78, 5) is 16.3. The number of nitrogens with zero attached hydrogens (tertiary/aromatic N) is 1. The van der Waals surface area contributed by atoms with Crippen LogP contribution in [0.2, 0.25) is 0 Å². The minimum absolute atomic E-state index is 0.227. The minimum Gasteiger partial charge on any atom is -0.465 e. The van der Waals surface area contributed by atoms with Gasteiger partial charge in [-0.1, -0.05) is 0 Å². The molecule has 0 saturated carbocycles. The maximum absolute atomic E-state index is 11.2. The van der Waals surface area contributed by atoms with Gasteiger partial charge in [-0.15, -0.1) is 23.1 Å². The maximum Gasteiger partial charge on any atom is 0.316 e. The van der Waals surface area contributed by atoms with Crippen LogP contribution in [0.1, 0.15) is 6.92 Å². The zero-order chi connectivity index (χ0) is 12.3. The number of nitrogen functional groups attached to an aromatic ring is 1. The van der Waals surface area contributed by atoms with E-state index < -0.39 is 0 Å². The van der Waals surface area contributed by atoms with E-state index in [4.69, 9.17) is 10.5 Å². The minimum atomic E-state index is -0.227. The molecule has 0 aliphatic carbocycles. The average molecular weight is 268 g/mol. The molecule has 0 spiro atoms. The molecule has 0 amide bonds. The van der Waals surface area contributed by atoms with Gasteiger partial charge in [0.2, 0.25) is 0 Å². The van der Waals surface area contributed by atoms with Crippen molar-refractivity contribution in [3.8, 4) is 0 Å². The summed E-state index contributed by atoms with van der Waals surface area (Å²) >= 11 is 2.93. The third-order valence-corrected chi connectivity index (χ3v) is 3.99. The second-order valence-corrected chi connectivity index (χ2v) is 5.17. The molecule has 0 atom stereocenters. The highest BCUT2D eigenvalue weighted by atomic mass is 32.2. The van der Waals surface area contributed by atoms with E-state index in [-0.39, 0.29) is 11.7 Å². The Balaban J connectivity index is 2.13. The molecule has 2 rings (SSSR count). The lowest BCUT2D eigenvalue weighted by atomic mass is 10.3. The Bertz CT molecular complexity index is 539. The van der Waals surface area contributed by atoms with E-state index in [0.717, 1.165) is 15.1 Å². The highest BCUT2D eigenvalue weighted by Crippen LogP contribution is 2.32. The third-order valence-electron chi connectivity index (χ3n) is 2.15. The Kier molecular flexibility index (Phi) is 3.86. The first-order valence-electron chi connectivity index (χ1n) is 5.12. The Morgan fingerprint density at radius 3 is 3.18 bits per heavy atom. The fourth-order valence-electron chi connectivity index (χ4n) is 1.40. The number of carbonyl (C=O) groups is 1. The lowest BCUT2D eigenvalue weighted by Gasteiger charge is -2.05. The number of thioether (sulfide) groups is 1. The molecular weight excluding hydrogens is 256 g/mol. The molecule has 6 heteroatoms. The molecular formula is C11H12N2O2S2. The molecule has 0 bridgehead atoms. The molecule has 1 aromatic heterocycles. The fraction of sp³-hybridized carbons (Fsp3) is 0.273. The molecule has 1 aromatic carbocycles. The predicted molar refractivity (Wildman–Crippen MR) is 71.4 cm³/mol. The smallest absolute Gasteiger partial charge is 0.316 e. The number of esters is 1. The molecule has 0 aliphatic rings. The summed E-state index contributed by atoms with van der Waals surface area (Å²) in [5, 5.41) is 0. The monoisotopic (exact) mass is 268 g/mol. The van der Waals surface area contributed by atoms with Gasteiger partial charge < -0.3 is 10.5 Å². The van der Waals surface area contributed by atoms with Crippen LogP contribution in [0.15, 0.2) is 22.5 Å². The van der Waals surface area contributed by atoms with Gasteiger partial charge in [0, 0.05) is 4.90 Å². The summed E-state index contributed by atoms with van der Waals surface area (Å²) < 4.78 is 5.92. The number of nitrogens with two attached hydrogens (primary N) is 1. The zero-order valence-corrected chi connectivity index (χ0v) is 10.9. The van der Waals surface area contributed by atoms with Crippen LogP contribution >= 0.6 is 23.1 Å². The van der Waals surface area contributed by atoms with Crippen LogP contribution in [0.5, 0.6) is 0 Å². The number of hydrogen-bond donors (Lipinski definition) is 1. The van der Waals surface area contributed by atoms with Crippen LogP contribution in [0.4, 0.5) is 5.69 Å². The van der Waals surface area contributed by atoms with Crippen molar-refractivity contribution in [3.05, 3.63) is 17.6 Å². The number of aromatic nitrogens is 1. The van der Waals surface area contributed by atoms with Crippen molar-refractivity contribution in [2.75, 3.05) is 18.1 Å². The fourth-order valence-corrected chi connectivity index (χ4v) is 2.86. The number of ether oxygens (including phenoxy) is 1. The van der Waals surface area contributed by atoms with Crippen molar-refractivity contribution in [3.63, 3.8) is 0 Å². The number of hydrogen-bond acceptors (Lipinski definition) is 6. The molecule has 0 aliphatic heterocycles. The second kappa shape index (κ2) is 5.37. The van der Waals surface area contributed by atoms with E-state index in [1.165, 1.54) is 11.8 Å². The molecule has 0 fully saturated rings. The van der Waals surface area contributed by atoms with Crippen molar-refractivity contribution >= 4 is 45.0 Å². The molecule has 2 aromatic rings. The van der Waals surface area contributed by atoms with E-state index in [1.54, 1.807) is 23.8 Å². The zero-order valence-electron chi connectivity index (χ0n) is 9.30. The Hall–Kier alpha value is -1.27. The van der Waals surface area contributed by atoms with Gasteiger partial charge in [-0.25, -0.2) is 4.98 Å². The van der Waals surface area contributed by atoms with Gasteiger partial charge in [0.15, 0.2) is 0 Å².